The van der Waals surface area contributed by atoms with Crippen molar-refractivity contribution in [2.45, 2.75) is 79.2 Å². The summed E-state index contributed by atoms with van der Waals surface area (Å²) in [7, 11) is 6.28. The van der Waals surface area contributed by atoms with E-state index in [1.165, 1.54) is 85.9 Å². The molecule has 0 atom stereocenters. The van der Waals surface area contributed by atoms with Crippen LogP contribution in [-0.4, -0.2) is 63.7 Å². The Morgan fingerprint density at radius 1 is 0.857 bits per heavy atom. The van der Waals surface area contributed by atoms with Gasteiger partial charge in [-0.3, -0.25) is 4.79 Å². The summed E-state index contributed by atoms with van der Waals surface area (Å²) in [6.07, 6.45) is 10.4. The molecular formula is C35H54N2O5. The van der Waals surface area contributed by atoms with Crippen LogP contribution in [0.2, 0.25) is 0 Å². The van der Waals surface area contributed by atoms with Gasteiger partial charge >= 0.3 is 0 Å². The van der Waals surface area contributed by atoms with Crippen LogP contribution >= 0.6 is 0 Å². The molecule has 0 N–H and O–H groups in total. The van der Waals surface area contributed by atoms with Gasteiger partial charge in [-0.05, 0) is 69.0 Å². The number of nitrogens with zero attached hydrogens (tertiary/aromatic N) is 2. The summed E-state index contributed by atoms with van der Waals surface area (Å²) in [5.74, 6) is 2.92. The van der Waals surface area contributed by atoms with Crippen LogP contribution in [0.15, 0.2) is 46.9 Å². The van der Waals surface area contributed by atoms with Crippen LogP contribution in [-0.2, 0) is 6.54 Å². The number of methoxy groups -OCH3 is 3. The van der Waals surface area contributed by atoms with Crippen molar-refractivity contribution < 1.29 is 23.4 Å². The number of furan rings is 1. The van der Waals surface area contributed by atoms with E-state index in [0.717, 1.165) is 22.6 Å². The van der Waals surface area contributed by atoms with E-state index in [9.17, 15) is 4.79 Å². The predicted molar refractivity (Wildman–Crippen MR) is 173 cm³/mol. The average Bonchev–Trinajstić information content (AvgIpc) is 3.72. The zero-order chi connectivity index (χ0) is 30.9. The lowest BCUT2D eigenvalue weighted by Crippen LogP contribution is -2.27. The lowest BCUT2D eigenvalue weighted by Gasteiger charge is -2.26. The van der Waals surface area contributed by atoms with E-state index in [2.05, 4.69) is 4.90 Å². The molecule has 2 heterocycles. The number of para-hydroxylation sites is 1. The van der Waals surface area contributed by atoms with Gasteiger partial charge in [-0.1, -0.05) is 65.2 Å². The van der Waals surface area contributed by atoms with E-state index in [1.54, 1.807) is 24.1 Å². The molecule has 1 aliphatic carbocycles. The van der Waals surface area contributed by atoms with Crippen molar-refractivity contribution in [2.75, 3.05) is 48.0 Å². The Hall–Kier alpha value is -3.19. The van der Waals surface area contributed by atoms with Gasteiger partial charge in [0.25, 0.3) is 5.91 Å². The quantitative estimate of drug-likeness (QED) is 0.266. The molecule has 1 saturated heterocycles. The van der Waals surface area contributed by atoms with Gasteiger partial charge in [0, 0.05) is 24.5 Å². The SMILES string of the molecule is C1CCC(CN2CCCC2)CC1.CC.CC.COc1cc(C(=O)N(C)Cc2cc3ccccc3o2)cc(OC)c1OC. The highest BCUT2D eigenvalue weighted by molar-refractivity contribution is 5.95. The maximum atomic E-state index is 12.8. The number of hydrogen-bond acceptors (Lipinski definition) is 6. The number of fused-ring (bicyclic) bond motifs is 1. The number of likely N-dealkylation sites (tertiary alicyclic amines) is 1. The minimum absolute atomic E-state index is 0.176. The summed E-state index contributed by atoms with van der Waals surface area (Å²) in [5, 5.41) is 1.01. The Morgan fingerprint density at radius 3 is 2.00 bits per heavy atom. The number of hydrogen-bond donors (Lipinski definition) is 0. The van der Waals surface area contributed by atoms with Crippen molar-refractivity contribution in [1.82, 2.24) is 9.80 Å². The van der Waals surface area contributed by atoms with Crippen molar-refractivity contribution in [1.29, 1.82) is 0 Å². The van der Waals surface area contributed by atoms with Gasteiger partial charge in [-0.15, -0.1) is 0 Å². The van der Waals surface area contributed by atoms with Gasteiger partial charge in [-0.25, -0.2) is 0 Å². The molecule has 0 bridgehead atoms. The fraction of sp³-hybridized carbons (Fsp3) is 0.571. The first-order valence-corrected chi connectivity index (χ1v) is 15.8. The molecule has 1 aromatic heterocycles. The summed E-state index contributed by atoms with van der Waals surface area (Å²) in [6, 6.07) is 13.0. The second kappa shape index (κ2) is 19.1. The number of ether oxygens (including phenoxy) is 3. The predicted octanol–water partition coefficient (Wildman–Crippen LogP) is 8.45. The minimum Gasteiger partial charge on any atom is -0.493 e. The summed E-state index contributed by atoms with van der Waals surface area (Å²) in [4.78, 5) is 17.1. The number of carbonyl (C=O) groups is 1. The first-order chi connectivity index (χ1) is 20.5. The second-order valence-corrected chi connectivity index (χ2v) is 10.3. The molecule has 0 spiro atoms. The standard InChI is InChI=1S/C20H21NO5.C11H21N.2C2H6/c1-21(12-15-9-13-7-5-6-8-16(13)26-15)20(22)14-10-17(23-2)19(25-4)18(11-14)24-3;1-2-6-11(7-3-1)10-12-8-4-5-9-12;2*1-2/h5-11H,12H2,1-4H3;11H,1-10H2;2*1-2H3. The Morgan fingerprint density at radius 2 is 1.45 bits per heavy atom. The molecule has 1 saturated carbocycles. The van der Waals surface area contributed by atoms with Crippen molar-refractivity contribution in [3.8, 4) is 17.2 Å². The summed E-state index contributed by atoms with van der Waals surface area (Å²) in [5.41, 5.74) is 1.24. The van der Waals surface area contributed by atoms with E-state index >= 15 is 0 Å². The van der Waals surface area contributed by atoms with Crippen LogP contribution in [0.3, 0.4) is 0 Å². The van der Waals surface area contributed by atoms with Crippen LogP contribution in [0.5, 0.6) is 17.2 Å². The molecule has 2 fully saturated rings. The molecule has 0 radical (unpaired) electrons. The molecule has 1 aliphatic heterocycles. The normalized spacial score (nSPS) is 14.9. The average molecular weight is 583 g/mol. The highest BCUT2D eigenvalue weighted by Crippen LogP contribution is 2.38. The van der Waals surface area contributed by atoms with E-state index < -0.39 is 0 Å². The third-order valence-corrected chi connectivity index (χ3v) is 7.57. The van der Waals surface area contributed by atoms with Gasteiger partial charge in [0.15, 0.2) is 11.5 Å². The maximum Gasteiger partial charge on any atom is 0.254 e. The highest BCUT2D eigenvalue weighted by atomic mass is 16.5. The molecule has 7 heteroatoms. The second-order valence-electron chi connectivity index (χ2n) is 10.3. The Kier molecular flexibility index (Phi) is 15.9. The fourth-order valence-corrected chi connectivity index (χ4v) is 5.55. The highest BCUT2D eigenvalue weighted by Gasteiger charge is 2.21. The Balaban J connectivity index is 0.000000320. The smallest absolute Gasteiger partial charge is 0.254 e. The molecular weight excluding hydrogens is 528 g/mol. The third-order valence-electron chi connectivity index (χ3n) is 7.57. The first-order valence-electron chi connectivity index (χ1n) is 15.8. The summed E-state index contributed by atoms with van der Waals surface area (Å²) >= 11 is 0. The van der Waals surface area contributed by atoms with E-state index in [1.807, 2.05) is 58.0 Å². The van der Waals surface area contributed by atoms with Crippen LogP contribution in [0.25, 0.3) is 11.0 Å². The van der Waals surface area contributed by atoms with Crippen molar-refractivity contribution >= 4 is 16.9 Å². The molecule has 2 aromatic carbocycles. The monoisotopic (exact) mass is 582 g/mol. The molecule has 5 rings (SSSR count). The molecule has 7 nitrogen and oxygen atoms in total. The van der Waals surface area contributed by atoms with E-state index in [-0.39, 0.29) is 5.91 Å². The largest absolute Gasteiger partial charge is 0.493 e. The van der Waals surface area contributed by atoms with Crippen LogP contribution in [0.1, 0.15) is 88.8 Å². The van der Waals surface area contributed by atoms with Gasteiger partial charge in [0.05, 0.1) is 27.9 Å². The van der Waals surface area contributed by atoms with Crippen LogP contribution in [0.4, 0.5) is 0 Å². The molecule has 2 aliphatic rings. The molecule has 1 amide bonds. The Labute approximate surface area is 254 Å². The summed E-state index contributed by atoms with van der Waals surface area (Å²) < 4.78 is 21.7. The molecule has 42 heavy (non-hydrogen) atoms. The lowest BCUT2D eigenvalue weighted by atomic mass is 9.89. The number of amides is 1. The zero-order valence-corrected chi connectivity index (χ0v) is 27.3. The van der Waals surface area contributed by atoms with Crippen molar-refractivity contribution in [3.05, 3.63) is 53.8 Å². The minimum atomic E-state index is -0.176. The maximum absolute atomic E-state index is 12.8. The topological polar surface area (TPSA) is 64.4 Å². The van der Waals surface area contributed by atoms with Gasteiger partial charge < -0.3 is 28.4 Å². The number of carbonyl (C=O) groups excluding carboxylic acids is 1. The zero-order valence-electron chi connectivity index (χ0n) is 27.3. The Bertz CT molecular complexity index is 1120. The fourth-order valence-electron chi connectivity index (χ4n) is 5.55. The third kappa shape index (κ3) is 9.97. The first kappa shape index (κ1) is 35.0. The van der Waals surface area contributed by atoms with Crippen molar-refractivity contribution in [3.63, 3.8) is 0 Å². The molecule has 3 aromatic rings. The lowest BCUT2D eigenvalue weighted by molar-refractivity contribution is 0.0775. The van der Waals surface area contributed by atoms with Gasteiger partial charge in [0.2, 0.25) is 5.75 Å². The van der Waals surface area contributed by atoms with E-state index in [4.69, 9.17) is 18.6 Å². The van der Waals surface area contributed by atoms with E-state index in [0.29, 0.717) is 29.4 Å². The van der Waals surface area contributed by atoms with Crippen LogP contribution < -0.4 is 14.2 Å². The van der Waals surface area contributed by atoms with Crippen molar-refractivity contribution in [2.24, 2.45) is 5.92 Å². The van der Waals surface area contributed by atoms with Crippen LogP contribution in [0, 0.1) is 5.92 Å². The summed E-state index contributed by atoms with van der Waals surface area (Å²) in [6.45, 7) is 12.5. The number of rotatable bonds is 8. The molecule has 0 unspecified atom stereocenters. The van der Waals surface area contributed by atoms with Gasteiger partial charge in [-0.2, -0.15) is 0 Å². The van der Waals surface area contributed by atoms with Gasteiger partial charge in [0.1, 0.15) is 11.3 Å². The number of benzene rings is 2. The molecule has 234 valence electrons.